The fourth-order valence-electron chi connectivity index (χ4n) is 3.09. The van der Waals surface area contributed by atoms with Crippen molar-refractivity contribution in [3.8, 4) is 0 Å². The van der Waals surface area contributed by atoms with Gasteiger partial charge in [-0.1, -0.05) is 19.8 Å². The number of nitrogens with one attached hydrogen (secondary N) is 1. The molecular formula is C16H31NO2S. The number of thioether (sulfide) groups is 1. The molecular weight excluding hydrogens is 270 g/mol. The second kappa shape index (κ2) is 8.93. The van der Waals surface area contributed by atoms with Crippen LogP contribution < -0.4 is 5.32 Å². The Balaban J connectivity index is 2.58. The molecule has 3 nitrogen and oxygen atoms in total. The van der Waals surface area contributed by atoms with Gasteiger partial charge in [-0.15, -0.1) is 0 Å². The van der Waals surface area contributed by atoms with E-state index in [4.69, 9.17) is 4.74 Å². The fourth-order valence-corrected chi connectivity index (χ4v) is 4.53. The monoisotopic (exact) mass is 301 g/mol. The minimum absolute atomic E-state index is 0.0786. The lowest BCUT2D eigenvalue weighted by Gasteiger charge is -2.40. The predicted octanol–water partition coefficient (Wildman–Crippen LogP) is 3.76. The van der Waals surface area contributed by atoms with Crippen molar-refractivity contribution in [2.75, 3.05) is 12.9 Å². The number of esters is 1. The lowest BCUT2D eigenvalue weighted by molar-refractivity contribution is -0.150. The molecule has 1 N–H and O–H groups in total. The van der Waals surface area contributed by atoms with E-state index in [9.17, 15) is 4.79 Å². The Morgan fingerprint density at radius 2 is 2.20 bits per heavy atom. The summed E-state index contributed by atoms with van der Waals surface area (Å²) < 4.78 is 5.07. The van der Waals surface area contributed by atoms with Gasteiger partial charge in [-0.3, -0.25) is 10.1 Å². The first-order valence-electron chi connectivity index (χ1n) is 8.01. The van der Waals surface area contributed by atoms with Gasteiger partial charge in [0, 0.05) is 11.3 Å². The molecule has 4 heteroatoms. The van der Waals surface area contributed by atoms with Gasteiger partial charge < -0.3 is 4.74 Å². The summed E-state index contributed by atoms with van der Waals surface area (Å²) in [5, 5.41) is 4.08. The van der Waals surface area contributed by atoms with Crippen molar-refractivity contribution in [2.45, 2.75) is 82.5 Å². The third kappa shape index (κ3) is 5.28. The van der Waals surface area contributed by atoms with Crippen LogP contribution in [0.3, 0.4) is 0 Å². The minimum atomic E-state index is -0.455. The molecule has 0 saturated heterocycles. The normalized spacial score (nSPS) is 26.8. The Kier molecular flexibility index (Phi) is 7.96. The molecule has 0 radical (unpaired) electrons. The van der Waals surface area contributed by atoms with Crippen molar-refractivity contribution < 1.29 is 9.53 Å². The third-order valence-electron chi connectivity index (χ3n) is 3.95. The van der Waals surface area contributed by atoms with E-state index in [2.05, 4.69) is 26.1 Å². The molecule has 20 heavy (non-hydrogen) atoms. The van der Waals surface area contributed by atoms with E-state index >= 15 is 0 Å². The average molecular weight is 301 g/mol. The van der Waals surface area contributed by atoms with Crippen LogP contribution >= 0.6 is 11.8 Å². The van der Waals surface area contributed by atoms with Crippen LogP contribution in [0.25, 0.3) is 0 Å². The van der Waals surface area contributed by atoms with Gasteiger partial charge in [0.25, 0.3) is 0 Å². The molecule has 0 heterocycles. The summed E-state index contributed by atoms with van der Waals surface area (Å²) in [4.78, 5) is 12.3. The molecule has 1 saturated carbocycles. The van der Waals surface area contributed by atoms with Gasteiger partial charge in [0.15, 0.2) is 0 Å². The van der Waals surface area contributed by atoms with E-state index in [-0.39, 0.29) is 5.97 Å². The molecule has 2 unspecified atom stereocenters. The van der Waals surface area contributed by atoms with Gasteiger partial charge in [-0.05, 0) is 51.7 Å². The van der Waals surface area contributed by atoms with Crippen LogP contribution in [-0.4, -0.2) is 35.7 Å². The highest BCUT2D eigenvalue weighted by Gasteiger charge is 2.44. The van der Waals surface area contributed by atoms with Gasteiger partial charge >= 0.3 is 5.97 Å². The van der Waals surface area contributed by atoms with E-state index in [0.29, 0.717) is 11.3 Å². The van der Waals surface area contributed by atoms with Crippen molar-refractivity contribution >= 4 is 17.7 Å². The van der Waals surface area contributed by atoms with Gasteiger partial charge in [0.2, 0.25) is 0 Å². The molecule has 0 aromatic carbocycles. The second-order valence-corrected chi connectivity index (χ2v) is 7.58. The van der Waals surface area contributed by atoms with Crippen LogP contribution in [0.1, 0.15) is 65.7 Å². The first-order chi connectivity index (χ1) is 9.54. The highest BCUT2D eigenvalue weighted by molar-refractivity contribution is 7.99. The largest absolute Gasteiger partial charge is 0.468 e. The summed E-state index contributed by atoms with van der Waals surface area (Å²) in [5.41, 5.74) is -0.455. The van der Waals surface area contributed by atoms with Crippen LogP contribution in [-0.2, 0) is 9.53 Å². The van der Waals surface area contributed by atoms with E-state index < -0.39 is 5.54 Å². The van der Waals surface area contributed by atoms with Crippen LogP contribution in [0.2, 0.25) is 0 Å². The smallest absolute Gasteiger partial charge is 0.326 e. The van der Waals surface area contributed by atoms with E-state index in [1.165, 1.54) is 38.5 Å². The summed E-state index contributed by atoms with van der Waals surface area (Å²) in [5.74, 6) is 1.14. The number of carbonyl (C=O) groups excluding carboxylic acids is 1. The summed E-state index contributed by atoms with van der Waals surface area (Å²) in [7, 11) is 1.50. The number of ether oxygens (including phenoxy) is 1. The quantitative estimate of drug-likeness (QED) is 0.547. The van der Waals surface area contributed by atoms with Crippen LogP contribution in [0.4, 0.5) is 0 Å². The van der Waals surface area contributed by atoms with Crippen LogP contribution in [0, 0.1) is 0 Å². The van der Waals surface area contributed by atoms with Gasteiger partial charge in [-0.25, -0.2) is 0 Å². The molecule has 0 aliphatic heterocycles. The van der Waals surface area contributed by atoms with Gasteiger partial charge in [0.1, 0.15) is 5.54 Å². The summed E-state index contributed by atoms with van der Waals surface area (Å²) in [6.07, 6.45) is 8.03. The predicted molar refractivity (Wildman–Crippen MR) is 87.3 cm³/mol. The topological polar surface area (TPSA) is 38.3 Å². The maximum absolute atomic E-state index is 12.3. The molecule has 2 atom stereocenters. The Morgan fingerprint density at radius 1 is 1.45 bits per heavy atom. The number of unbranched alkanes of at least 4 members (excludes halogenated alkanes) is 2. The van der Waals surface area contributed by atoms with Gasteiger partial charge in [-0.2, -0.15) is 11.8 Å². The highest BCUT2D eigenvalue weighted by atomic mass is 32.2. The summed E-state index contributed by atoms with van der Waals surface area (Å²) >= 11 is 2.05. The maximum Gasteiger partial charge on any atom is 0.326 e. The molecule has 1 aliphatic carbocycles. The first kappa shape index (κ1) is 17.8. The molecule has 0 spiro atoms. The molecule has 118 valence electrons. The van der Waals surface area contributed by atoms with E-state index in [1.54, 1.807) is 0 Å². The molecule has 0 bridgehead atoms. The van der Waals surface area contributed by atoms with Gasteiger partial charge in [0.05, 0.1) is 7.11 Å². The SMILES string of the molecule is CCCCCSC1CCCC(NC(C)C)(C(=O)OC)C1. The molecule has 1 rings (SSSR count). The van der Waals surface area contributed by atoms with Crippen molar-refractivity contribution in [3.05, 3.63) is 0 Å². The lowest BCUT2D eigenvalue weighted by Crippen LogP contribution is -2.58. The van der Waals surface area contributed by atoms with E-state index in [1.807, 2.05) is 11.8 Å². The van der Waals surface area contributed by atoms with Crippen molar-refractivity contribution in [1.29, 1.82) is 0 Å². The van der Waals surface area contributed by atoms with Crippen LogP contribution in [0.5, 0.6) is 0 Å². The summed E-state index contributed by atoms with van der Waals surface area (Å²) in [6, 6.07) is 0.304. The molecule has 0 aromatic heterocycles. The second-order valence-electron chi connectivity index (χ2n) is 6.17. The Labute approximate surface area is 128 Å². The zero-order chi connectivity index (χ0) is 15.0. The Bertz CT molecular complexity index is 296. The van der Waals surface area contributed by atoms with Crippen molar-refractivity contribution in [2.24, 2.45) is 0 Å². The van der Waals surface area contributed by atoms with Crippen LogP contribution in [0.15, 0.2) is 0 Å². The van der Waals surface area contributed by atoms with E-state index in [0.717, 1.165) is 19.3 Å². The molecule has 1 aliphatic rings. The Hall–Kier alpha value is -0.220. The fraction of sp³-hybridized carbons (Fsp3) is 0.938. The number of methoxy groups -OCH3 is 1. The maximum atomic E-state index is 12.3. The standard InChI is InChI=1S/C16H31NO2S/c1-5-6-7-11-20-14-9-8-10-16(12-14,15(18)19-4)17-13(2)3/h13-14,17H,5-12H2,1-4H3. The van der Waals surface area contributed by atoms with Crippen molar-refractivity contribution in [1.82, 2.24) is 5.32 Å². The molecule has 1 fully saturated rings. The lowest BCUT2D eigenvalue weighted by atomic mass is 9.81. The highest BCUT2D eigenvalue weighted by Crippen LogP contribution is 2.36. The Morgan fingerprint density at radius 3 is 2.80 bits per heavy atom. The zero-order valence-electron chi connectivity index (χ0n) is 13.5. The first-order valence-corrected chi connectivity index (χ1v) is 9.06. The minimum Gasteiger partial charge on any atom is -0.468 e. The summed E-state index contributed by atoms with van der Waals surface area (Å²) in [6.45, 7) is 6.44. The number of hydrogen-bond donors (Lipinski definition) is 1. The number of rotatable bonds is 8. The average Bonchev–Trinajstić information content (AvgIpc) is 2.42. The zero-order valence-corrected chi connectivity index (χ0v) is 14.4. The van der Waals surface area contributed by atoms with Crippen molar-refractivity contribution in [3.63, 3.8) is 0 Å². The molecule has 0 aromatic rings. The third-order valence-corrected chi connectivity index (χ3v) is 5.35. The number of carbonyl (C=O) groups is 1. The number of hydrogen-bond acceptors (Lipinski definition) is 4. The molecule has 0 amide bonds.